The van der Waals surface area contributed by atoms with Gasteiger partial charge < -0.3 is 14.8 Å². The highest BCUT2D eigenvalue weighted by Gasteiger charge is 2.22. The molecule has 0 radical (unpaired) electrons. The Morgan fingerprint density at radius 3 is 2.46 bits per heavy atom. The fourth-order valence-electron chi connectivity index (χ4n) is 2.46. The molecule has 0 bridgehead atoms. The van der Waals surface area contributed by atoms with Gasteiger partial charge in [0, 0.05) is 30.3 Å². The van der Waals surface area contributed by atoms with Gasteiger partial charge in [0.1, 0.15) is 11.5 Å². The molecule has 0 fully saturated rings. The van der Waals surface area contributed by atoms with Crippen LogP contribution in [-0.4, -0.2) is 31.0 Å². The van der Waals surface area contributed by atoms with Crippen molar-refractivity contribution in [3.8, 4) is 11.5 Å². The summed E-state index contributed by atoms with van der Waals surface area (Å²) in [4.78, 5) is 29.0. The van der Waals surface area contributed by atoms with Crippen molar-refractivity contribution in [3.05, 3.63) is 28.8 Å². The van der Waals surface area contributed by atoms with Crippen LogP contribution in [-0.2, 0) is 6.42 Å². The van der Waals surface area contributed by atoms with E-state index >= 15 is 0 Å². The second kappa shape index (κ2) is 6.88. The van der Waals surface area contributed by atoms with Gasteiger partial charge in [0.2, 0.25) is 0 Å². The lowest BCUT2D eigenvalue weighted by Gasteiger charge is -2.09. The molecule has 1 aliphatic rings. The number of Topliss-reactive ketones (excluding diaryl/α,β-unsaturated/α-hetero) is 1. The molecule has 2 aromatic rings. The van der Waals surface area contributed by atoms with E-state index in [0.29, 0.717) is 33.6 Å². The molecule has 2 amide bonds. The average Bonchev–Trinajstić information content (AvgIpc) is 2.98. The predicted octanol–water partition coefficient (Wildman–Crippen LogP) is 3.32. The summed E-state index contributed by atoms with van der Waals surface area (Å²) in [6.07, 6.45) is 2.13. The standard InChI is InChI=1S/C16H17N3O4S/c1-22-10-6-9(7-11(8-10)23-2)17-15(21)19-16-18-12-4-3-5-13(20)14(12)24-16/h6-8H,3-5H2,1-2H3,(H2,17,18,19,21). The Balaban J connectivity index is 1.71. The molecule has 3 rings (SSSR count). The Morgan fingerprint density at radius 2 is 1.83 bits per heavy atom. The number of amides is 2. The lowest BCUT2D eigenvalue weighted by Crippen LogP contribution is -2.19. The van der Waals surface area contributed by atoms with Gasteiger partial charge in [-0.15, -0.1) is 0 Å². The SMILES string of the molecule is COc1cc(NC(=O)Nc2nc3c(s2)C(=O)CCC3)cc(OC)c1. The first-order valence-electron chi connectivity index (χ1n) is 7.43. The third-order valence-electron chi connectivity index (χ3n) is 3.60. The highest BCUT2D eigenvalue weighted by Crippen LogP contribution is 2.30. The van der Waals surface area contributed by atoms with Crippen molar-refractivity contribution in [2.45, 2.75) is 19.3 Å². The highest BCUT2D eigenvalue weighted by molar-refractivity contribution is 7.17. The first-order chi connectivity index (χ1) is 11.6. The number of fused-ring (bicyclic) bond motifs is 1. The van der Waals surface area contributed by atoms with Gasteiger partial charge in [-0.25, -0.2) is 9.78 Å². The molecule has 126 valence electrons. The van der Waals surface area contributed by atoms with E-state index in [4.69, 9.17) is 9.47 Å². The third-order valence-corrected chi connectivity index (χ3v) is 4.65. The summed E-state index contributed by atoms with van der Waals surface area (Å²) < 4.78 is 10.3. The molecular weight excluding hydrogens is 330 g/mol. The Kier molecular flexibility index (Phi) is 4.66. The van der Waals surface area contributed by atoms with Crippen LogP contribution in [0, 0.1) is 0 Å². The smallest absolute Gasteiger partial charge is 0.325 e. The molecule has 1 aliphatic carbocycles. The van der Waals surface area contributed by atoms with E-state index in [1.165, 1.54) is 25.6 Å². The molecule has 0 unspecified atom stereocenters. The van der Waals surface area contributed by atoms with Crippen LogP contribution in [0.15, 0.2) is 18.2 Å². The molecular formula is C16H17N3O4S. The van der Waals surface area contributed by atoms with E-state index in [2.05, 4.69) is 15.6 Å². The van der Waals surface area contributed by atoms with Crippen molar-refractivity contribution < 1.29 is 19.1 Å². The molecule has 7 nitrogen and oxygen atoms in total. The van der Waals surface area contributed by atoms with E-state index in [0.717, 1.165) is 18.5 Å². The second-order valence-corrected chi connectivity index (χ2v) is 6.25. The molecule has 1 aromatic carbocycles. The summed E-state index contributed by atoms with van der Waals surface area (Å²) in [5, 5.41) is 5.79. The lowest BCUT2D eigenvalue weighted by molar-refractivity contribution is 0.0976. The minimum atomic E-state index is -0.441. The normalized spacial score (nSPS) is 13.2. The van der Waals surface area contributed by atoms with Crippen LogP contribution in [0.5, 0.6) is 11.5 Å². The fourth-order valence-corrected chi connectivity index (χ4v) is 3.44. The summed E-state index contributed by atoms with van der Waals surface area (Å²) in [6, 6.07) is 4.63. The monoisotopic (exact) mass is 347 g/mol. The number of ketones is 1. The topological polar surface area (TPSA) is 89.5 Å². The van der Waals surface area contributed by atoms with Crippen LogP contribution in [0.1, 0.15) is 28.2 Å². The third kappa shape index (κ3) is 3.48. The van der Waals surface area contributed by atoms with E-state index < -0.39 is 6.03 Å². The van der Waals surface area contributed by atoms with Crippen LogP contribution < -0.4 is 20.1 Å². The van der Waals surface area contributed by atoms with Gasteiger partial charge >= 0.3 is 6.03 Å². The minimum absolute atomic E-state index is 0.0970. The van der Waals surface area contributed by atoms with E-state index in [1.807, 2.05) is 0 Å². The first kappa shape index (κ1) is 16.3. The van der Waals surface area contributed by atoms with Gasteiger partial charge in [-0.05, 0) is 12.8 Å². The molecule has 0 saturated heterocycles. The number of carbonyl (C=O) groups excluding carboxylic acids is 2. The Bertz CT molecular complexity index is 765. The number of urea groups is 1. The number of thiazole rings is 1. The van der Waals surface area contributed by atoms with Crippen LogP contribution >= 0.6 is 11.3 Å². The number of benzene rings is 1. The number of aromatic nitrogens is 1. The van der Waals surface area contributed by atoms with Crippen molar-refractivity contribution in [3.63, 3.8) is 0 Å². The van der Waals surface area contributed by atoms with Crippen molar-refractivity contribution in [1.82, 2.24) is 4.98 Å². The quantitative estimate of drug-likeness (QED) is 0.885. The maximum atomic E-state index is 12.2. The van der Waals surface area contributed by atoms with E-state index in [-0.39, 0.29) is 5.78 Å². The zero-order chi connectivity index (χ0) is 17.1. The summed E-state index contributed by atoms with van der Waals surface area (Å²) in [6.45, 7) is 0. The number of nitrogens with one attached hydrogen (secondary N) is 2. The van der Waals surface area contributed by atoms with Crippen molar-refractivity contribution in [2.75, 3.05) is 24.9 Å². The molecule has 0 spiro atoms. The zero-order valence-corrected chi connectivity index (χ0v) is 14.2. The molecule has 24 heavy (non-hydrogen) atoms. The van der Waals surface area contributed by atoms with Crippen molar-refractivity contribution >= 4 is 34.0 Å². The number of hydrogen-bond donors (Lipinski definition) is 2. The first-order valence-corrected chi connectivity index (χ1v) is 8.24. The molecule has 0 saturated carbocycles. The Hall–Kier alpha value is -2.61. The Morgan fingerprint density at radius 1 is 1.12 bits per heavy atom. The number of aryl methyl sites for hydroxylation is 1. The van der Waals surface area contributed by atoms with Crippen LogP contribution in [0.2, 0.25) is 0 Å². The van der Waals surface area contributed by atoms with Gasteiger partial charge in [0.15, 0.2) is 10.9 Å². The number of methoxy groups -OCH3 is 2. The molecule has 1 aromatic heterocycles. The van der Waals surface area contributed by atoms with Gasteiger partial charge in [-0.3, -0.25) is 10.1 Å². The summed E-state index contributed by atoms with van der Waals surface area (Å²) in [5.41, 5.74) is 1.30. The minimum Gasteiger partial charge on any atom is -0.497 e. The zero-order valence-electron chi connectivity index (χ0n) is 13.3. The second-order valence-electron chi connectivity index (χ2n) is 5.25. The largest absolute Gasteiger partial charge is 0.497 e. The van der Waals surface area contributed by atoms with Crippen LogP contribution in [0.3, 0.4) is 0 Å². The highest BCUT2D eigenvalue weighted by atomic mass is 32.1. The summed E-state index contributed by atoms with van der Waals surface area (Å²) in [5.74, 6) is 1.24. The fraction of sp³-hybridized carbons (Fsp3) is 0.312. The molecule has 0 aliphatic heterocycles. The molecule has 2 N–H and O–H groups in total. The lowest BCUT2D eigenvalue weighted by atomic mass is 10.0. The predicted molar refractivity (Wildman–Crippen MR) is 91.6 cm³/mol. The average molecular weight is 347 g/mol. The molecule has 0 atom stereocenters. The molecule has 8 heteroatoms. The van der Waals surface area contributed by atoms with Gasteiger partial charge in [-0.2, -0.15) is 0 Å². The number of ether oxygens (including phenoxy) is 2. The van der Waals surface area contributed by atoms with Crippen LogP contribution in [0.4, 0.5) is 15.6 Å². The van der Waals surface area contributed by atoms with Crippen LogP contribution in [0.25, 0.3) is 0 Å². The maximum absolute atomic E-state index is 12.2. The molecule has 1 heterocycles. The van der Waals surface area contributed by atoms with Gasteiger partial charge in [0.25, 0.3) is 0 Å². The number of hydrogen-bond acceptors (Lipinski definition) is 6. The van der Waals surface area contributed by atoms with Gasteiger partial charge in [0.05, 0.1) is 24.8 Å². The van der Waals surface area contributed by atoms with Gasteiger partial charge in [-0.1, -0.05) is 11.3 Å². The van der Waals surface area contributed by atoms with Crippen molar-refractivity contribution in [1.29, 1.82) is 0 Å². The maximum Gasteiger partial charge on any atom is 0.325 e. The number of nitrogens with zero attached hydrogens (tertiary/aromatic N) is 1. The summed E-state index contributed by atoms with van der Waals surface area (Å²) >= 11 is 1.22. The number of carbonyl (C=O) groups is 2. The van der Waals surface area contributed by atoms with E-state index in [9.17, 15) is 9.59 Å². The van der Waals surface area contributed by atoms with Crippen molar-refractivity contribution in [2.24, 2.45) is 0 Å². The Labute approximate surface area is 143 Å². The summed E-state index contributed by atoms with van der Waals surface area (Å²) in [7, 11) is 3.07. The number of anilines is 2. The van der Waals surface area contributed by atoms with E-state index in [1.54, 1.807) is 18.2 Å². The number of rotatable bonds is 4.